The van der Waals surface area contributed by atoms with Crippen LogP contribution < -0.4 is 5.32 Å². The fraction of sp³-hybridized carbons (Fsp3) is 1.00. The Kier molecular flexibility index (Phi) is 5.90. The van der Waals surface area contributed by atoms with Crippen LogP contribution in [-0.2, 0) is 4.74 Å². The average Bonchev–Trinajstić information content (AvgIpc) is 2.64. The summed E-state index contributed by atoms with van der Waals surface area (Å²) in [5.74, 6) is 3.32. The Morgan fingerprint density at radius 3 is 2.79 bits per heavy atom. The standard InChI is InChI=1S/C11H23NOS/c1-9(2)11(4-6-13-3)12-10-5-7-14-8-10/h9-12H,4-8H2,1-3H3. The van der Waals surface area contributed by atoms with E-state index in [0.29, 0.717) is 12.0 Å². The van der Waals surface area contributed by atoms with Crippen LogP contribution in [0.4, 0.5) is 0 Å². The van der Waals surface area contributed by atoms with Crippen molar-refractivity contribution in [2.24, 2.45) is 5.92 Å². The molecule has 1 rings (SSSR count). The lowest BCUT2D eigenvalue weighted by atomic mass is 10.00. The van der Waals surface area contributed by atoms with Gasteiger partial charge in [0.15, 0.2) is 0 Å². The van der Waals surface area contributed by atoms with E-state index < -0.39 is 0 Å². The maximum Gasteiger partial charge on any atom is 0.0477 e. The molecule has 0 aromatic carbocycles. The maximum absolute atomic E-state index is 5.14. The summed E-state index contributed by atoms with van der Waals surface area (Å²) < 4.78 is 5.14. The number of nitrogens with one attached hydrogen (secondary N) is 1. The second-order valence-corrected chi connectivity index (χ2v) is 5.51. The first kappa shape index (κ1) is 12.3. The Morgan fingerprint density at radius 1 is 1.50 bits per heavy atom. The minimum Gasteiger partial charge on any atom is -0.385 e. The van der Waals surface area contributed by atoms with Crippen LogP contribution in [0.1, 0.15) is 26.7 Å². The highest BCUT2D eigenvalue weighted by Gasteiger charge is 2.21. The summed E-state index contributed by atoms with van der Waals surface area (Å²) in [6.45, 7) is 5.44. The molecule has 1 fully saturated rings. The van der Waals surface area contributed by atoms with E-state index in [4.69, 9.17) is 4.74 Å². The van der Waals surface area contributed by atoms with Crippen molar-refractivity contribution in [2.45, 2.75) is 38.8 Å². The third-order valence-corrected chi connectivity index (χ3v) is 3.98. The maximum atomic E-state index is 5.14. The third kappa shape index (κ3) is 4.20. The lowest BCUT2D eigenvalue weighted by Gasteiger charge is -2.25. The Morgan fingerprint density at radius 2 is 2.29 bits per heavy atom. The molecule has 0 bridgehead atoms. The van der Waals surface area contributed by atoms with Crippen LogP contribution in [0.3, 0.4) is 0 Å². The van der Waals surface area contributed by atoms with Crippen molar-refractivity contribution in [1.82, 2.24) is 5.32 Å². The fourth-order valence-electron chi connectivity index (χ4n) is 1.82. The van der Waals surface area contributed by atoms with Gasteiger partial charge in [-0.3, -0.25) is 0 Å². The molecule has 3 heteroatoms. The fourth-order valence-corrected chi connectivity index (χ4v) is 2.99. The van der Waals surface area contributed by atoms with Gasteiger partial charge >= 0.3 is 0 Å². The first-order chi connectivity index (χ1) is 6.74. The van der Waals surface area contributed by atoms with E-state index in [-0.39, 0.29) is 0 Å². The summed E-state index contributed by atoms with van der Waals surface area (Å²) in [4.78, 5) is 0. The molecule has 2 atom stereocenters. The molecule has 0 aromatic heterocycles. The van der Waals surface area contributed by atoms with Crippen molar-refractivity contribution in [3.8, 4) is 0 Å². The van der Waals surface area contributed by atoms with Gasteiger partial charge in [0.05, 0.1) is 0 Å². The lowest BCUT2D eigenvalue weighted by molar-refractivity contribution is 0.171. The van der Waals surface area contributed by atoms with Gasteiger partial charge in [-0.15, -0.1) is 0 Å². The van der Waals surface area contributed by atoms with Crippen molar-refractivity contribution in [1.29, 1.82) is 0 Å². The van der Waals surface area contributed by atoms with Gasteiger partial charge in [-0.1, -0.05) is 13.8 Å². The van der Waals surface area contributed by atoms with Crippen LogP contribution in [0.15, 0.2) is 0 Å². The van der Waals surface area contributed by atoms with Gasteiger partial charge in [-0.2, -0.15) is 11.8 Å². The SMILES string of the molecule is COCCC(NC1CCSC1)C(C)C. The summed E-state index contributed by atoms with van der Waals surface area (Å²) in [7, 11) is 1.78. The highest BCUT2D eigenvalue weighted by atomic mass is 32.2. The zero-order valence-electron chi connectivity index (χ0n) is 9.58. The largest absolute Gasteiger partial charge is 0.385 e. The second-order valence-electron chi connectivity index (χ2n) is 4.36. The summed E-state index contributed by atoms with van der Waals surface area (Å²) in [5, 5.41) is 3.75. The van der Waals surface area contributed by atoms with Gasteiger partial charge in [0.1, 0.15) is 0 Å². The van der Waals surface area contributed by atoms with E-state index in [1.165, 1.54) is 17.9 Å². The van der Waals surface area contributed by atoms with E-state index >= 15 is 0 Å². The zero-order chi connectivity index (χ0) is 10.4. The van der Waals surface area contributed by atoms with Gasteiger partial charge in [0.2, 0.25) is 0 Å². The quantitative estimate of drug-likeness (QED) is 0.736. The number of rotatable bonds is 6. The lowest BCUT2D eigenvalue weighted by Crippen LogP contribution is -2.42. The van der Waals surface area contributed by atoms with E-state index in [1.807, 2.05) is 0 Å². The zero-order valence-corrected chi connectivity index (χ0v) is 10.4. The minimum atomic E-state index is 0.624. The summed E-state index contributed by atoms with van der Waals surface area (Å²) >= 11 is 2.07. The van der Waals surface area contributed by atoms with Crippen molar-refractivity contribution in [3.05, 3.63) is 0 Å². The smallest absolute Gasteiger partial charge is 0.0477 e. The second kappa shape index (κ2) is 6.70. The minimum absolute atomic E-state index is 0.624. The van der Waals surface area contributed by atoms with Gasteiger partial charge in [0, 0.05) is 31.6 Å². The van der Waals surface area contributed by atoms with Crippen LogP contribution in [0.2, 0.25) is 0 Å². The molecule has 1 aliphatic rings. The number of thioether (sulfide) groups is 1. The molecule has 1 heterocycles. The van der Waals surface area contributed by atoms with Crippen LogP contribution in [0, 0.1) is 5.92 Å². The number of ether oxygens (including phenoxy) is 1. The summed E-state index contributed by atoms with van der Waals surface area (Å²) in [6, 6.07) is 1.36. The molecule has 2 unspecified atom stereocenters. The molecule has 0 saturated carbocycles. The predicted octanol–water partition coefficient (Wildman–Crippen LogP) is 2.14. The monoisotopic (exact) mass is 217 g/mol. The Hall–Kier alpha value is 0.270. The van der Waals surface area contributed by atoms with Gasteiger partial charge in [0.25, 0.3) is 0 Å². The average molecular weight is 217 g/mol. The molecule has 84 valence electrons. The topological polar surface area (TPSA) is 21.3 Å². The molecular weight excluding hydrogens is 194 g/mol. The van der Waals surface area contributed by atoms with Crippen LogP contribution in [-0.4, -0.2) is 37.3 Å². The van der Waals surface area contributed by atoms with Crippen LogP contribution in [0.5, 0.6) is 0 Å². The van der Waals surface area contributed by atoms with Gasteiger partial charge in [-0.25, -0.2) is 0 Å². The predicted molar refractivity (Wildman–Crippen MR) is 64.0 cm³/mol. The number of hydrogen-bond donors (Lipinski definition) is 1. The van der Waals surface area contributed by atoms with E-state index in [9.17, 15) is 0 Å². The van der Waals surface area contributed by atoms with E-state index in [2.05, 4.69) is 30.9 Å². The Labute approximate surface area is 92.2 Å². The first-order valence-corrected chi connectivity index (χ1v) is 6.72. The van der Waals surface area contributed by atoms with Gasteiger partial charge in [-0.05, 0) is 24.5 Å². The molecular formula is C11H23NOS. The highest BCUT2D eigenvalue weighted by Crippen LogP contribution is 2.19. The van der Waals surface area contributed by atoms with Crippen molar-refractivity contribution >= 4 is 11.8 Å². The van der Waals surface area contributed by atoms with E-state index in [0.717, 1.165) is 19.1 Å². The molecule has 2 nitrogen and oxygen atoms in total. The molecule has 1 saturated heterocycles. The molecule has 1 aliphatic heterocycles. The highest BCUT2D eigenvalue weighted by molar-refractivity contribution is 7.99. The van der Waals surface area contributed by atoms with Gasteiger partial charge < -0.3 is 10.1 Å². The number of methoxy groups -OCH3 is 1. The summed E-state index contributed by atoms with van der Waals surface area (Å²) in [6.07, 6.45) is 2.47. The summed E-state index contributed by atoms with van der Waals surface area (Å²) in [5.41, 5.74) is 0. The molecule has 1 N–H and O–H groups in total. The van der Waals surface area contributed by atoms with Crippen molar-refractivity contribution < 1.29 is 4.74 Å². The number of hydrogen-bond acceptors (Lipinski definition) is 3. The normalized spacial score (nSPS) is 24.4. The van der Waals surface area contributed by atoms with Crippen LogP contribution >= 0.6 is 11.8 Å². The van der Waals surface area contributed by atoms with Crippen LogP contribution in [0.25, 0.3) is 0 Å². The van der Waals surface area contributed by atoms with Crippen molar-refractivity contribution in [2.75, 3.05) is 25.2 Å². The van der Waals surface area contributed by atoms with Crippen molar-refractivity contribution in [3.63, 3.8) is 0 Å². The molecule has 0 aliphatic carbocycles. The third-order valence-electron chi connectivity index (χ3n) is 2.82. The molecule has 0 amide bonds. The Balaban J connectivity index is 2.26. The molecule has 0 aromatic rings. The molecule has 14 heavy (non-hydrogen) atoms. The Bertz CT molecular complexity index is 146. The molecule has 0 radical (unpaired) electrons. The van der Waals surface area contributed by atoms with E-state index in [1.54, 1.807) is 7.11 Å². The molecule has 0 spiro atoms. The first-order valence-electron chi connectivity index (χ1n) is 5.56.